The number of allylic oxidation sites excluding steroid dienone is 1. The molecule has 1 unspecified atom stereocenters. The average Bonchev–Trinajstić information content (AvgIpc) is 2.17. The fourth-order valence-electron chi connectivity index (χ4n) is 1.17. The number of hydrogen-bond donors (Lipinski definition) is 1. The Hall–Kier alpha value is -1.77. The van der Waals surface area contributed by atoms with Crippen LogP contribution in [-0.2, 0) is 9.53 Å². The Bertz CT molecular complexity index is 350. The Morgan fingerprint density at radius 1 is 1.40 bits per heavy atom. The van der Waals surface area contributed by atoms with Gasteiger partial charge in [0.25, 0.3) is 0 Å². The highest BCUT2D eigenvalue weighted by molar-refractivity contribution is 5.82. The van der Waals surface area contributed by atoms with Crippen molar-refractivity contribution in [3.05, 3.63) is 47.7 Å². The van der Waals surface area contributed by atoms with E-state index in [1.165, 1.54) is 6.92 Å². The number of esters is 1. The SMILES string of the molecule is CC(O)=CC(=O)OC(C)c1ccccc1. The van der Waals surface area contributed by atoms with Crippen molar-refractivity contribution in [3.63, 3.8) is 0 Å². The molecule has 1 aromatic carbocycles. The molecule has 80 valence electrons. The van der Waals surface area contributed by atoms with E-state index in [0.29, 0.717) is 0 Å². The van der Waals surface area contributed by atoms with Gasteiger partial charge >= 0.3 is 5.97 Å². The number of carbonyl (C=O) groups excluding carboxylic acids is 1. The van der Waals surface area contributed by atoms with Gasteiger partial charge in [0.15, 0.2) is 0 Å². The molecule has 0 aliphatic carbocycles. The lowest BCUT2D eigenvalue weighted by atomic mass is 10.1. The highest BCUT2D eigenvalue weighted by atomic mass is 16.5. The molecule has 0 aliphatic rings. The topological polar surface area (TPSA) is 46.5 Å². The van der Waals surface area contributed by atoms with Gasteiger partial charge in [0, 0.05) is 0 Å². The number of carbonyl (C=O) groups is 1. The maximum absolute atomic E-state index is 11.2. The molecule has 0 heterocycles. The van der Waals surface area contributed by atoms with E-state index < -0.39 is 5.97 Å². The summed E-state index contributed by atoms with van der Waals surface area (Å²) in [7, 11) is 0. The average molecular weight is 206 g/mol. The first-order valence-electron chi connectivity index (χ1n) is 4.72. The summed E-state index contributed by atoms with van der Waals surface area (Å²) in [5, 5.41) is 8.87. The predicted molar refractivity (Wildman–Crippen MR) is 57.3 cm³/mol. The van der Waals surface area contributed by atoms with Crippen LogP contribution in [0.4, 0.5) is 0 Å². The highest BCUT2D eigenvalue weighted by Gasteiger charge is 2.09. The standard InChI is InChI=1S/C12H14O3/c1-9(13)8-12(14)15-10(2)11-6-4-3-5-7-11/h3-8,10,13H,1-2H3. The summed E-state index contributed by atoms with van der Waals surface area (Å²) in [6.07, 6.45) is 0.744. The quantitative estimate of drug-likeness (QED) is 0.470. The van der Waals surface area contributed by atoms with Crippen molar-refractivity contribution < 1.29 is 14.6 Å². The van der Waals surface area contributed by atoms with Gasteiger partial charge in [0.1, 0.15) is 6.10 Å². The molecule has 0 aliphatic heterocycles. The summed E-state index contributed by atoms with van der Waals surface area (Å²) in [5.74, 6) is -0.591. The number of hydrogen-bond acceptors (Lipinski definition) is 3. The smallest absolute Gasteiger partial charge is 0.334 e. The molecule has 15 heavy (non-hydrogen) atoms. The third-order valence-corrected chi connectivity index (χ3v) is 1.89. The largest absolute Gasteiger partial charge is 0.512 e. The summed E-state index contributed by atoms with van der Waals surface area (Å²) in [4.78, 5) is 11.2. The van der Waals surface area contributed by atoms with Gasteiger partial charge in [-0.15, -0.1) is 0 Å². The summed E-state index contributed by atoms with van der Waals surface area (Å²) in [6, 6.07) is 9.43. The lowest BCUT2D eigenvalue weighted by Gasteiger charge is -2.11. The van der Waals surface area contributed by atoms with Crippen molar-refractivity contribution in [2.45, 2.75) is 20.0 Å². The molecule has 0 bridgehead atoms. The van der Waals surface area contributed by atoms with Crippen molar-refractivity contribution in [1.82, 2.24) is 0 Å². The van der Waals surface area contributed by atoms with E-state index >= 15 is 0 Å². The van der Waals surface area contributed by atoms with Crippen LogP contribution in [-0.4, -0.2) is 11.1 Å². The zero-order chi connectivity index (χ0) is 11.3. The Balaban J connectivity index is 2.61. The van der Waals surface area contributed by atoms with E-state index in [1.807, 2.05) is 30.3 Å². The van der Waals surface area contributed by atoms with Crippen LogP contribution in [0.2, 0.25) is 0 Å². The number of ether oxygens (including phenoxy) is 1. The van der Waals surface area contributed by atoms with Gasteiger partial charge in [0.2, 0.25) is 0 Å². The first-order valence-corrected chi connectivity index (χ1v) is 4.72. The van der Waals surface area contributed by atoms with E-state index in [-0.39, 0.29) is 11.9 Å². The van der Waals surface area contributed by atoms with Gasteiger partial charge < -0.3 is 9.84 Å². The van der Waals surface area contributed by atoms with Crippen molar-refractivity contribution >= 4 is 5.97 Å². The first-order chi connectivity index (χ1) is 7.09. The molecule has 0 aromatic heterocycles. The van der Waals surface area contributed by atoms with E-state index in [4.69, 9.17) is 9.84 Å². The van der Waals surface area contributed by atoms with E-state index in [9.17, 15) is 4.79 Å². The Morgan fingerprint density at radius 2 is 2.00 bits per heavy atom. The van der Waals surface area contributed by atoms with Crippen LogP contribution < -0.4 is 0 Å². The van der Waals surface area contributed by atoms with Gasteiger partial charge in [-0.3, -0.25) is 0 Å². The van der Waals surface area contributed by atoms with Crippen LogP contribution in [0.5, 0.6) is 0 Å². The maximum Gasteiger partial charge on any atom is 0.334 e. The van der Waals surface area contributed by atoms with Crippen LogP contribution in [0.15, 0.2) is 42.2 Å². The fraction of sp³-hybridized carbons (Fsp3) is 0.250. The molecule has 0 radical (unpaired) electrons. The van der Waals surface area contributed by atoms with Crippen LogP contribution in [0.25, 0.3) is 0 Å². The normalized spacial score (nSPS) is 13.3. The molecule has 3 heteroatoms. The second-order valence-electron chi connectivity index (χ2n) is 3.28. The van der Waals surface area contributed by atoms with Crippen molar-refractivity contribution in [2.24, 2.45) is 0 Å². The van der Waals surface area contributed by atoms with Crippen LogP contribution in [0.3, 0.4) is 0 Å². The lowest BCUT2D eigenvalue weighted by Crippen LogP contribution is -2.06. The highest BCUT2D eigenvalue weighted by Crippen LogP contribution is 2.16. The number of rotatable bonds is 3. The predicted octanol–water partition coefficient (Wildman–Crippen LogP) is 2.75. The molecular formula is C12H14O3. The molecule has 0 saturated carbocycles. The minimum atomic E-state index is -0.536. The number of benzene rings is 1. The molecule has 0 amide bonds. The van der Waals surface area contributed by atoms with E-state index in [0.717, 1.165) is 11.6 Å². The Morgan fingerprint density at radius 3 is 2.53 bits per heavy atom. The first kappa shape index (κ1) is 11.3. The summed E-state index contributed by atoms with van der Waals surface area (Å²) >= 11 is 0. The molecule has 1 atom stereocenters. The minimum absolute atomic E-state index is 0.0553. The van der Waals surface area contributed by atoms with Gasteiger partial charge in [-0.2, -0.15) is 0 Å². The lowest BCUT2D eigenvalue weighted by molar-refractivity contribution is -0.142. The molecular weight excluding hydrogens is 192 g/mol. The van der Waals surface area contributed by atoms with Crippen molar-refractivity contribution in [2.75, 3.05) is 0 Å². The van der Waals surface area contributed by atoms with Crippen LogP contribution >= 0.6 is 0 Å². The van der Waals surface area contributed by atoms with Gasteiger partial charge in [0.05, 0.1) is 11.8 Å². The van der Waals surface area contributed by atoms with Crippen LogP contribution in [0.1, 0.15) is 25.5 Å². The summed E-state index contributed by atoms with van der Waals surface area (Å²) < 4.78 is 5.07. The second kappa shape index (κ2) is 5.20. The van der Waals surface area contributed by atoms with Crippen molar-refractivity contribution in [3.8, 4) is 0 Å². The third kappa shape index (κ3) is 3.85. The van der Waals surface area contributed by atoms with Gasteiger partial charge in [-0.1, -0.05) is 30.3 Å². The van der Waals surface area contributed by atoms with Crippen LogP contribution in [0, 0.1) is 0 Å². The van der Waals surface area contributed by atoms with E-state index in [2.05, 4.69) is 0 Å². The van der Waals surface area contributed by atoms with Crippen molar-refractivity contribution in [1.29, 1.82) is 0 Å². The monoisotopic (exact) mass is 206 g/mol. The summed E-state index contributed by atoms with van der Waals surface area (Å²) in [5.41, 5.74) is 0.926. The molecule has 1 rings (SSSR count). The number of aliphatic hydroxyl groups excluding tert-OH is 1. The van der Waals surface area contributed by atoms with E-state index in [1.54, 1.807) is 6.92 Å². The molecule has 1 aromatic rings. The second-order valence-corrected chi connectivity index (χ2v) is 3.28. The molecule has 0 saturated heterocycles. The molecule has 1 N–H and O–H groups in total. The van der Waals surface area contributed by atoms with Gasteiger partial charge in [-0.25, -0.2) is 4.79 Å². The molecule has 0 fully saturated rings. The number of aliphatic hydroxyl groups is 1. The zero-order valence-electron chi connectivity index (χ0n) is 8.81. The minimum Gasteiger partial charge on any atom is -0.512 e. The van der Waals surface area contributed by atoms with Gasteiger partial charge in [-0.05, 0) is 19.4 Å². The molecule has 3 nitrogen and oxygen atoms in total. The maximum atomic E-state index is 11.2. The fourth-order valence-corrected chi connectivity index (χ4v) is 1.17. The summed E-state index contributed by atoms with van der Waals surface area (Å²) in [6.45, 7) is 3.21. The Kier molecular flexibility index (Phi) is 3.92. The molecule has 0 spiro atoms. The Labute approximate surface area is 89.0 Å². The third-order valence-electron chi connectivity index (χ3n) is 1.89. The zero-order valence-corrected chi connectivity index (χ0v) is 8.81.